The predicted octanol–water partition coefficient (Wildman–Crippen LogP) is 2.96. The molecular weight excluding hydrogens is 450 g/mol. The van der Waals surface area contributed by atoms with E-state index in [0.717, 1.165) is 19.3 Å². The van der Waals surface area contributed by atoms with E-state index in [2.05, 4.69) is 17.6 Å². The van der Waals surface area contributed by atoms with Crippen molar-refractivity contribution >= 4 is 12.0 Å². The number of nitrogens with zero attached hydrogens (tertiary/aromatic N) is 1. The van der Waals surface area contributed by atoms with Gasteiger partial charge < -0.3 is 34.9 Å². The van der Waals surface area contributed by atoms with E-state index < -0.39 is 11.5 Å². The molecule has 1 fully saturated rings. The van der Waals surface area contributed by atoms with Crippen molar-refractivity contribution in [2.75, 3.05) is 52.5 Å². The molecule has 1 atom stereocenters. The Morgan fingerprint density at radius 3 is 2.46 bits per heavy atom. The van der Waals surface area contributed by atoms with Gasteiger partial charge in [-0.05, 0) is 44.5 Å². The van der Waals surface area contributed by atoms with Gasteiger partial charge >= 0.3 is 12.0 Å². The molecule has 0 aliphatic carbocycles. The lowest BCUT2D eigenvalue weighted by Gasteiger charge is -2.27. The second kappa shape index (κ2) is 15.6. The van der Waals surface area contributed by atoms with Crippen LogP contribution in [0.15, 0.2) is 24.3 Å². The minimum atomic E-state index is -0.698. The highest BCUT2D eigenvalue weighted by atomic mass is 16.5. The minimum absolute atomic E-state index is 0.0938. The number of carbonyl (C=O) groups is 2. The predicted molar refractivity (Wildman–Crippen MR) is 135 cm³/mol. The number of benzene rings is 1. The Morgan fingerprint density at radius 1 is 1.09 bits per heavy atom. The summed E-state index contributed by atoms with van der Waals surface area (Å²) in [5.74, 6) is 0.830. The van der Waals surface area contributed by atoms with E-state index in [0.29, 0.717) is 57.4 Å². The van der Waals surface area contributed by atoms with Gasteiger partial charge in [-0.1, -0.05) is 32.6 Å². The van der Waals surface area contributed by atoms with Gasteiger partial charge in [0, 0.05) is 32.7 Å². The Kier molecular flexibility index (Phi) is 12.9. The molecule has 0 unspecified atom stereocenters. The van der Waals surface area contributed by atoms with Crippen LogP contribution < -0.4 is 20.1 Å². The van der Waals surface area contributed by atoms with Crippen LogP contribution >= 0.6 is 0 Å². The number of hydrogen-bond donors (Lipinski definition) is 3. The van der Waals surface area contributed by atoms with Crippen LogP contribution in [0.4, 0.5) is 4.79 Å². The van der Waals surface area contributed by atoms with Crippen molar-refractivity contribution < 1.29 is 28.9 Å². The van der Waals surface area contributed by atoms with Crippen LogP contribution in [0, 0.1) is 5.41 Å². The topological polar surface area (TPSA) is 109 Å². The van der Waals surface area contributed by atoms with Crippen molar-refractivity contribution in [1.29, 1.82) is 0 Å². The third-order valence-electron chi connectivity index (χ3n) is 5.94. The average Bonchev–Trinajstić information content (AvgIpc) is 2.86. The normalized spacial score (nSPS) is 14.9. The molecule has 0 spiro atoms. The minimum Gasteiger partial charge on any atom is -0.491 e. The van der Waals surface area contributed by atoms with Gasteiger partial charge in [-0.15, -0.1) is 0 Å². The maximum absolute atomic E-state index is 12.5. The first-order chi connectivity index (χ1) is 16.8. The zero-order valence-corrected chi connectivity index (χ0v) is 21.5. The molecular formula is C26H43N3O6. The molecule has 1 aliphatic rings. The Hall–Kier alpha value is -2.36. The highest BCUT2D eigenvalue weighted by molar-refractivity contribution is 5.78. The van der Waals surface area contributed by atoms with Gasteiger partial charge in [0.05, 0.1) is 18.6 Å². The van der Waals surface area contributed by atoms with Gasteiger partial charge in [-0.25, -0.2) is 4.79 Å². The van der Waals surface area contributed by atoms with Gasteiger partial charge in [0.1, 0.15) is 24.2 Å². The fraction of sp³-hybridized carbons (Fsp3) is 0.692. The van der Waals surface area contributed by atoms with Crippen LogP contribution in [0.2, 0.25) is 0 Å². The Labute approximate surface area is 209 Å². The van der Waals surface area contributed by atoms with E-state index in [-0.39, 0.29) is 18.6 Å². The Balaban J connectivity index is 1.60. The van der Waals surface area contributed by atoms with E-state index in [4.69, 9.17) is 14.2 Å². The van der Waals surface area contributed by atoms with E-state index in [1.54, 1.807) is 29.2 Å². The average molecular weight is 494 g/mol. The fourth-order valence-corrected chi connectivity index (χ4v) is 3.60. The smallest absolute Gasteiger partial charge is 0.317 e. The molecule has 3 N–H and O–H groups in total. The van der Waals surface area contributed by atoms with Crippen LogP contribution in [0.25, 0.3) is 0 Å². The molecule has 9 nitrogen and oxygen atoms in total. The van der Waals surface area contributed by atoms with E-state index in [1.807, 2.05) is 13.8 Å². The highest BCUT2D eigenvalue weighted by Crippen LogP contribution is 2.27. The monoisotopic (exact) mass is 493 g/mol. The molecule has 198 valence electrons. The summed E-state index contributed by atoms with van der Waals surface area (Å²) in [5, 5.41) is 16.1. The van der Waals surface area contributed by atoms with Crippen molar-refractivity contribution in [2.45, 2.75) is 59.0 Å². The van der Waals surface area contributed by atoms with Crippen molar-refractivity contribution in [3.8, 4) is 11.5 Å². The number of rotatable bonds is 15. The molecule has 2 amide bonds. The third-order valence-corrected chi connectivity index (χ3v) is 5.94. The molecule has 0 bridgehead atoms. The molecule has 1 aromatic rings. The standard InChI is InChI=1S/C26H43N3O6/c1-4-5-6-7-12-26(2,3)24(31)35-23-10-8-22(9-11-23)34-20-21(30)19-27-13-14-28-25(32)29-15-17-33-18-16-29/h8-11,21,27,30H,4-7,12-20H2,1-3H3,(H,28,32)/t21-/m0/s1. The zero-order valence-electron chi connectivity index (χ0n) is 21.5. The first-order valence-electron chi connectivity index (χ1n) is 12.8. The summed E-state index contributed by atoms with van der Waals surface area (Å²) in [6.45, 7) is 9.85. The molecule has 9 heteroatoms. The van der Waals surface area contributed by atoms with Gasteiger partial charge in [0.2, 0.25) is 0 Å². The van der Waals surface area contributed by atoms with Crippen molar-refractivity contribution in [3.05, 3.63) is 24.3 Å². The zero-order chi connectivity index (χ0) is 25.5. The third kappa shape index (κ3) is 11.3. The lowest BCUT2D eigenvalue weighted by molar-refractivity contribution is -0.144. The number of carbonyl (C=O) groups excluding carboxylic acids is 2. The molecule has 1 aromatic carbocycles. The molecule has 0 saturated carbocycles. The molecule has 2 rings (SSSR count). The summed E-state index contributed by atoms with van der Waals surface area (Å²) in [7, 11) is 0. The van der Waals surface area contributed by atoms with Gasteiger partial charge in [0.25, 0.3) is 0 Å². The Morgan fingerprint density at radius 2 is 1.77 bits per heavy atom. The van der Waals surface area contributed by atoms with Crippen molar-refractivity contribution in [2.24, 2.45) is 5.41 Å². The van der Waals surface area contributed by atoms with Gasteiger partial charge in [0.15, 0.2) is 0 Å². The van der Waals surface area contributed by atoms with Crippen LogP contribution in [0.5, 0.6) is 11.5 Å². The van der Waals surface area contributed by atoms with Gasteiger partial charge in [-0.2, -0.15) is 0 Å². The summed E-state index contributed by atoms with van der Waals surface area (Å²) >= 11 is 0. The quantitative estimate of drug-likeness (QED) is 0.196. The first kappa shape index (κ1) is 28.9. The summed E-state index contributed by atoms with van der Waals surface area (Å²) < 4.78 is 16.4. The van der Waals surface area contributed by atoms with Crippen LogP contribution in [0.1, 0.15) is 52.9 Å². The fourth-order valence-electron chi connectivity index (χ4n) is 3.60. The first-order valence-corrected chi connectivity index (χ1v) is 12.8. The maximum Gasteiger partial charge on any atom is 0.317 e. The van der Waals surface area contributed by atoms with E-state index in [1.165, 1.54) is 12.8 Å². The molecule has 1 aliphatic heterocycles. The number of hydrogen-bond acceptors (Lipinski definition) is 7. The second-order valence-corrected chi connectivity index (χ2v) is 9.56. The number of aliphatic hydroxyl groups is 1. The largest absolute Gasteiger partial charge is 0.491 e. The number of esters is 1. The number of urea groups is 1. The molecule has 35 heavy (non-hydrogen) atoms. The summed E-state index contributed by atoms with van der Waals surface area (Å²) in [6, 6.07) is 6.74. The lowest BCUT2D eigenvalue weighted by atomic mass is 9.87. The highest BCUT2D eigenvalue weighted by Gasteiger charge is 2.29. The summed E-state index contributed by atoms with van der Waals surface area (Å²) in [6.07, 6.45) is 4.61. The molecule has 1 heterocycles. The maximum atomic E-state index is 12.5. The van der Waals surface area contributed by atoms with Crippen LogP contribution in [0.3, 0.4) is 0 Å². The van der Waals surface area contributed by atoms with E-state index >= 15 is 0 Å². The Bertz CT molecular complexity index is 750. The number of morpholine rings is 1. The number of amides is 2. The number of aliphatic hydroxyl groups excluding tert-OH is 1. The van der Waals surface area contributed by atoms with Crippen LogP contribution in [-0.4, -0.2) is 80.7 Å². The molecule has 0 aromatic heterocycles. The number of unbranched alkanes of at least 4 members (excludes halogenated alkanes) is 3. The summed E-state index contributed by atoms with van der Waals surface area (Å²) in [5.41, 5.74) is -0.522. The van der Waals surface area contributed by atoms with E-state index in [9.17, 15) is 14.7 Å². The number of ether oxygens (including phenoxy) is 3. The lowest BCUT2D eigenvalue weighted by Crippen LogP contribution is -2.47. The SMILES string of the molecule is CCCCCCC(C)(C)C(=O)Oc1ccc(OC[C@@H](O)CNCCNC(=O)N2CCOCC2)cc1. The summed E-state index contributed by atoms with van der Waals surface area (Å²) in [4.78, 5) is 26.3. The van der Waals surface area contributed by atoms with Crippen molar-refractivity contribution in [3.63, 3.8) is 0 Å². The van der Waals surface area contributed by atoms with Crippen LogP contribution in [-0.2, 0) is 9.53 Å². The van der Waals surface area contributed by atoms with Crippen molar-refractivity contribution in [1.82, 2.24) is 15.5 Å². The number of nitrogens with one attached hydrogen (secondary N) is 2. The molecule has 1 saturated heterocycles. The molecule has 0 radical (unpaired) electrons. The van der Waals surface area contributed by atoms with Gasteiger partial charge in [-0.3, -0.25) is 4.79 Å². The second-order valence-electron chi connectivity index (χ2n) is 9.56.